The van der Waals surface area contributed by atoms with E-state index in [0.29, 0.717) is 30.6 Å². The van der Waals surface area contributed by atoms with E-state index in [1.807, 2.05) is 6.08 Å². The monoisotopic (exact) mass is 386 g/mol. The van der Waals surface area contributed by atoms with Crippen molar-refractivity contribution in [1.82, 2.24) is 25.1 Å². The fourth-order valence-corrected chi connectivity index (χ4v) is 3.45. The zero-order chi connectivity index (χ0) is 19.7. The SMILES string of the molecule is CC1(C)OC[C@@H](C(=O)N2CC=C(c3c(F)cccc3[CH]n3ncnn3)CC2)O1. The molecule has 9 heteroatoms. The van der Waals surface area contributed by atoms with E-state index >= 15 is 0 Å². The van der Waals surface area contributed by atoms with E-state index in [4.69, 9.17) is 9.47 Å². The molecule has 0 spiro atoms. The number of hydrogen-bond acceptors (Lipinski definition) is 6. The van der Waals surface area contributed by atoms with Crippen LogP contribution in [0.2, 0.25) is 0 Å². The molecule has 4 rings (SSSR count). The highest BCUT2D eigenvalue weighted by Gasteiger charge is 2.39. The molecule has 0 unspecified atom stereocenters. The summed E-state index contributed by atoms with van der Waals surface area (Å²) in [6, 6.07) is 4.86. The molecule has 1 radical (unpaired) electrons. The van der Waals surface area contributed by atoms with E-state index in [2.05, 4.69) is 15.4 Å². The number of nitrogens with zero attached hydrogens (tertiary/aromatic N) is 5. The van der Waals surface area contributed by atoms with Gasteiger partial charge in [0.05, 0.1) is 6.61 Å². The van der Waals surface area contributed by atoms with Crippen LogP contribution >= 0.6 is 0 Å². The third kappa shape index (κ3) is 3.81. The number of aromatic nitrogens is 4. The highest BCUT2D eigenvalue weighted by Crippen LogP contribution is 2.30. The average molecular weight is 386 g/mol. The number of rotatable bonds is 4. The summed E-state index contributed by atoms with van der Waals surface area (Å²) in [5.74, 6) is -1.17. The number of carbonyl (C=O) groups excluding carboxylic acids is 1. The van der Waals surface area contributed by atoms with Crippen LogP contribution in [0.25, 0.3) is 5.57 Å². The Morgan fingerprint density at radius 2 is 2.25 bits per heavy atom. The van der Waals surface area contributed by atoms with Gasteiger partial charge in [0.15, 0.2) is 18.2 Å². The Bertz CT molecular complexity index is 897. The number of ether oxygens (including phenoxy) is 2. The van der Waals surface area contributed by atoms with Gasteiger partial charge >= 0.3 is 0 Å². The van der Waals surface area contributed by atoms with Crippen LogP contribution < -0.4 is 0 Å². The van der Waals surface area contributed by atoms with Crippen molar-refractivity contribution in [2.75, 3.05) is 19.7 Å². The van der Waals surface area contributed by atoms with Crippen molar-refractivity contribution in [2.24, 2.45) is 0 Å². The van der Waals surface area contributed by atoms with Crippen molar-refractivity contribution < 1.29 is 18.7 Å². The van der Waals surface area contributed by atoms with Crippen LogP contribution in [-0.4, -0.2) is 62.6 Å². The maximum absolute atomic E-state index is 14.6. The van der Waals surface area contributed by atoms with Gasteiger partial charge in [-0.1, -0.05) is 18.2 Å². The van der Waals surface area contributed by atoms with Crippen molar-refractivity contribution in [3.63, 3.8) is 0 Å². The lowest BCUT2D eigenvalue weighted by Crippen LogP contribution is -2.43. The van der Waals surface area contributed by atoms with Crippen LogP contribution in [0.4, 0.5) is 4.39 Å². The number of tetrazole rings is 1. The summed E-state index contributed by atoms with van der Waals surface area (Å²) in [6.45, 7) is 6.32. The summed E-state index contributed by atoms with van der Waals surface area (Å²) in [6.07, 6.45) is 3.14. The van der Waals surface area contributed by atoms with Crippen molar-refractivity contribution in [3.05, 3.63) is 54.1 Å². The summed E-state index contributed by atoms with van der Waals surface area (Å²) in [5.41, 5.74) is 1.99. The minimum absolute atomic E-state index is 0.104. The summed E-state index contributed by atoms with van der Waals surface area (Å²) < 4.78 is 25.7. The van der Waals surface area contributed by atoms with E-state index in [1.165, 1.54) is 17.2 Å². The number of hydrogen-bond donors (Lipinski definition) is 0. The Balaban J connectivity index is 1.50. The Hall–Kier alpha value is -2.65. The molecule has 1 amide bonds. The molecule has 1 aromatic heterocycles. The molecule has 1 aromatic carbocycles. The van der Waals surface area contributed by atoms with Crippen molar-refractivity contribution in [2.45, 2.75) is 32.2 Å². The van der Waals surface area contributed by atoms with Gasteiger partial charge in [0.1, 0.15) is 12.4 Å². The first-order valence-corrected chi connectivity index (χ1v) is 9.09. The summed E-state index contributed by atoms with van der Waals surface area (Å²) in [5, 5.41) is 11.4. The molecule has 2 aliphatic heterocycles. The van der Waals surface area contributed by atoms with Crippen LogP contribution in [0.5, 0.6) is 0 Å². The highest BCUT2D eigenvalue weighted by molar-refractivity contribution is 5.83. The molecule has 1 fully saturated rings. The highest BCUT2D eigenvalue weighted by atomic mass is 19.1. The molecule has 8 nitrogen and oxygen atoms in total. The normalized spacial score (nSPS) is 21.6. The second kappa shape index (κ2) is 7.40. The topological polar surface area (TPSA) is 82.4 Å². The largest absolute Gasteiger partial charge is 0.347 e. The van der Waals surface area contributed by atoms with Gasteiger partial charge < -0.3 is 14.4 Å². The fourth-order valence-electron chi connectivity index (χ4n) is 3.45. The first kappa shape index (κ1) is 18.7. The van der Waals surface area contributed by atoms with E-state index in [9.17, 15) is 9.18 Å². The quantitative estimate of drug-likeness (QED) is 0.795. The molecule has 2 aromatic rings. The lowest BCUT2D eigenvalue weighted by atomic mass is 9.94. The molecule has 0 N–H and O–H groups in total. The number of amides is 1. The van der Waals surface area contributed by atoms with Gasteiger partial charge in [0.2, 0.25) is 0 Å². The summed E-state index contributed by atoms with van der Waals surface area (Å²) >= 11 is 0. The van der Waals surface area contributed by atoms with Gasteiger partial charge in [0.25, 0.3) is 5.91 Å². The van der Waals surface area contributed by atoms with Crippen molar-refractivity contribution in [3.8, 4) is 0 Å². The third-order valence-corrected chi connectivity index (χ3v) is 4.79. The van der Waals surface area contributed by atoms with Gasteiger partial charge in [-0.15, -0.1) is 10.2 Å². The van der Waals surface area contributed by atoms with E-state index in [-0.39, 0.29) is 18.3 Å². The standard InChI is InChI=1S/C19H21FN5O3/c1-19(2)27-11-16(28-19)18(26)24-8-6-13(7-9-24)17-14(4-3-5-15(17)20)10-25-22-12-21-23-25/h3-6,10,12,16H,7-9,11H2,1-2H3/t16-/m0/s1. The van der Waals surface area contributed by atoms with Gasteiger partial charge in [0, 0.05) is 18.7 Å². The van der Waals surface area contributed by atoms with Crippen molar-refractivity contribution in [1.29, 1.82) is 0 Å². The maximum Gasteiger partial charge on any atom is 0.254 e. The fraction of sp³-hybridized carbons (Fsp3) is 0.421. The maximum atomic E-state index is 14.6. The molecular weight excluding hydrogens is 365 g/mol. The summed E-state index contributed by atoms with van der Waals surface area (Å²) in [4.78, 5) is 15.7. The summed E-state index contributed by atoms with van der Waals surface area (Å²) in [7, 11) is 0. The van der Waals surface area contributed by atoms with Crippen molar-refractivity contribution >= 4 is 11.5 Å². The molecule has 0 saturated carbocycles. The molecule has 0 bridgehead atoms. The molecule has 3 heterocycles. The van der Waals surface area contributed by atoms with Crippen LogP contribution in [-0.2, 0) is 14.3 Å². The lowest BCUT2D eigenvalue weighted by molar-refractivity contribution is -0.159. The van der Waals surface area contributed by atoms with E-state index in [0.717, 1.165) is 5.57 Å². The van der Waals surface area contributed by atoms with Gasteiger partial charge in [-0.05, 0) is 42.7 Å². The van der Waals surface area contributed by atoms with Gasteiger partial charge in [-0.3, -0.25) is 4.79 Å². The Morgan fingerprint density at radius 1 is 1.39 bits per heavy atom. The van der Waals surface area contributed by atoms with Crippen LogP contribution in [0, 0.1) is 12.4 Å². The molecule has 147 valence electrons. The smallest absolute Gasteiger partial charge is 0.254 e. The van der Waals surface area contributed by atoms with Crippen LogP contribution in [0.3, 0.4) is 0 Å². The molecule has 0 aliphatic carbocycles. The number of halogens is 1. The molecule has 1 saturated heterocycles. The predicted molar refractivity (Wildman–Crippen MR) is 97.1 cm³/mol. The zero-order valence-electron chi connectivity index (χ0n) is 15.7. The van der Waals surface area contributed by atoms with E-state index < -0.39 is 11.9 Å². The minimum Gasteiger partial charge on any atom is -0.347 e. The number of carbonyl (C=O) groups is 1. The Kier molecular flexibility index (Phi) is 4.94. The molecule has 2 aliphatic rings. The zero-order valence-corrected chi connectivity index (χ0v) is 15.7. The first-order valence-electron chi connectivity index (χ1n) is 9.09. The predicted octanol–water partition coefficient (Wildman–Crippen LogP) is 1.64. The Morgan fingerprint density at radius 3 is 2.89 bits per heavy atom. The molecule has 28 heavy (non-hydrogen) atoms. The van der Waals surface area contributed by atoms with Crippen LogP contribution in [0.15, 0.2) is 30.6 Å². The molecule has 1 atom stereocenters. The van der Waals surface area contributed by atoms with Gasteiger partial charge in [-0.2, -0.15) is 4.80 Å². The number of benzene rings is 1. The third-order valence-electron chi connectivity index (χ3n) is 4.79. The molecular formula is C19H21FN5O3. The van der Waals surface area contributed by atoms with Gasteiger partial charge in [-0.25, -0.2) is 4.39 Å². The van der Waals surface area contributed by atoms with Crippen LogP contribution in [0.1, 0.15) is 31.4 Å². The van der Waals surface area contributed by atoms with E-state index in [1.54, 1.807) is 37.4 Å². The first-order chi connectivity index (χ1) is 13.4. The Labute approximate surface area is 161 Å². The lowest BCUT2D eigenvalue weighted by Gasteiger charge is -2.29. The average Bonchev–Trinajstić information content (AvgIpc) is 3.31. The second-order valence-electron chi connectivity index (χ2n) is 7.17. The second-order valence-corrected chi connectivity index (χ2v) is 7.17. The minimum atomic E-state index is -0.746.